The number of aryl methyl sites for hydroxylation is 2. The molecule has 4 rings (SSSR count). The number of pyridine rings is 1. The number of halogens is 5. The van der Waals surface area contributed by atoms with Gasteiger partial charge in [0.25, 0.3) is 5.56 Å². The number of rotatable bonds is 12. The highest BCUT2D eigenvalue weighted by atomic mass is 19.4. The highest BCUT2D eigenvalue weighted by molar-refractivity contribution is 5.82. The van der Waals surface area contributed by atoms with Gasteiger partial charge < -0.3 is 19.9 Å². The Morgan fingerprint density at radius 2 is 1.71 bits per heavy atom. The number of nitrogens with one attached hydrogen (secondary N) is 1. The Labute approximate surface area is 275 Å². The van der Waals surface area contributed by atoms with E-state index in [0.717, 1.165) is 30.3 Å². The van der Waals surface area contributed by atoms with Gasteiger partial charge in [-0.15, -0.1) is 6.42 Å². The first-order valence-electron chi connectivity index (χ1n) is 15.6. The zero-order chi connectivity index (χ0) is 35.5. The Morgan fingerprint density at radius 3 is 2.23 bits per heavy atom. The lowest BCUT2D eigenvalue weighted by Gasteiger charge is -2.31. The van der Waals surface area contributed by atoms with Crippen LogP contribution in [0.5, 0.6) is 0 Å². The Kier molecular flexibility index (Phi) is 11.1. The smallest absolute Gasteiger partial charge is 0.416 e. The molecule has 3 aromatic rings. The Bertz CT molecular complexity index is 1780. The third kappa shape index (κ3) is 8.31. The average Bonchev–Trinajstić information content (AvgIpc) is 2.94. The number of aliphatic carboxylic acids is 1. The fourth-order valence-corrected chi connectivity index (χ4v) is 6.17. The zero-order valence-electron chi connectivity index (χ0n) is 27.2. The Hall–Kier alpha value is -4.50. The van der Waals surface area contributed by atoms with Gasteiger partial charge in [-0.25, -0.2) is 8.78 Å². The van der Waals surface area contributed by atoms with Gasteiger partial charge in [-0.3, -0.25) is 14.4 Å². The normalized spacial score (nSPS) is 14.7. The van der Waals surface area contributed by atoms with E-state index < -0.39 is 59.3 Å². The first kappa shape index (κ1) is 36.3. The van der Waals surface area contributed by atoms with Crippen LogP contribution in [0, 0.1) is 43.7 Å². The van der Waals surface area contributed by atoms with Crippen LogP contribution in [0.2, 0.25) is 0 Å². The molecule has 2 aromatic carbocycles. The summed E-state index contributed by atoms with van der Waals surface area (Å²) in [5, 5.41) is 12.3. The topological polar surface area (TPSA) is 91.6 Å². The van der Waals surface area contributed by atoms with Gasteiger partial charge in [0.15, 0.2) is 0 Å². The number of nitrogens with zero attached hydrogens (tertiary/aromatic N) is 2. The molecule has 0 saturated carbocycles. The number of amides is 1. The summed E-state index contributed by atoms with van der Waals surface area (Å²) in [5.41, 5.74) is -0.847. The highest BCUT2D eigenvalue weighted by Crippen LogP contribution is 2.35. The number of carboxylic acids is 1. The molecule has 1 fully saturated rings. The van der Waals surface area contributed by atoms with Gasteiger partial charge in [0.05, 0.1) is 23.6 Å². The third-order valence-electron chi connectivity index (χ3n) is 8.56. The minimum atomic E-state index is -4.80. The summed E-state index contributed by atoms with van der Waals surface area (Å²) in [6.07, 6.45) is 2.01. The first-order chi connectivity index (χ1) is 22.5. The van der Waals surface area contributed by atoms with Crippen molar-refractivity contribution in [3.8, 4) is 23.5 Å². The second-order valence-electron chi connectivity index (χ2n) is 12.7. The van der Waals surface area contributed by atoms with Crippen LogP contribution in [0.15, 0.2) is 41.3 Å². The number of alkyl halides is 3. The van der Waals surface area contributed by atoms with Crippen molar-refractivity contribution in [2.45, 2.75) is 71.6 Å². The van der Waals surface area contributed by atoms with Crippen molar-refractivity contribution in [2.24, 2.45) is 5.92 Å². The van der Waals surface area contributed by atoms with Crippen LogP contribution in [0.25, 0.3) is 11.1 Å². The molecule has 1 amide bonds. The lowest BCUT2D eigenvalue weighted by Crippen LogP contribution is -2.41. The fraction of sp³-hybridized carbons (Fsp3) is 0.417. The van der Waals surface area contributed by atoms with E-state index in [4.69, 9.17) is 6.42 Å². The molecular weight excluding hydrogens is 633 g/mol. The standard InChI is InChI=1S/C36H38F5N3O4/c1-6-23-15-25(33-21(4)13-26(37)14-22(33)5)16-27(34(23)38)29(18-32(46)47)42-35(48)30(12-20(2)3)44-19-24(8-11-43-9-7-10-43)28(17-31(44)45)36(39,40)41/h1,13-17,19-20,29-30H,7-12,18H2,2-5H3,(H,42,48)(H,46,47)/t29-,30-/m1/s1. The van der Waals surface area contributed by atoms with Crippen molar-refractivity contribution < 1.29 is 36.6 Å². The number of likely N-dealkylation sites (tertiary alicyclic amines) is 1. The van der Waals surface area contributed by atoms with Crippen molar-refractivity contribution in [2.75, 3.05) is 19.6 Å². The molecule has 1 aliphatic rings. The number of terminal acetylenes is 1. The number of carboxylic acid groups (broad SMARTS) is 1. The number of carbonyl (C=O) groups is 2. The molecule has 2 heterocycles. The molecule has 2 N–H and O–H groups in total. The molecular formula is C36H38F5N3O4. The second-order valence-corrected chi connectivity index (χ2v) is 12.7. The number of aromatic nitrogens is 1. The quantitative estimate of drug-likeness (QED) is 0.168. The van der Waals surface area contributed by atoms with Gasteiger partial charge in [-0.1, -0.05) is 19.8 Å². The van der Waals surface area contributed by atoms with Gasteiger partial charge in [-0.2, -0.15) is 13.2 Å². The summed E-state index contributed by atoms with van der Waals surface area (Å²) in [6, 6.07) is 2.92. The molecule has 0 aliphatic carbocycles. The van der Waals surface area contributed by atoms with Crippen molar-refractivity contribution >= 4 is 11.9 Å². The number of hydrogen-bond donors (Lipinski definition) is 2. The van der Waals surface area contributed by atoms with Crippen LogP contribution in [-0.2, 0) is 22.2 Å². The van der Waals surface area contributed by atoms with Crippen molar-refractivity contribution in [3.05, 3.63) is 91.9 Å². The molecule has 256 valence electrons. The molecule has 7 nitrogen and oxygen atoms in total. The van der Waals surface area contributed by atoms with Crippen molar-refractivity contribution in [1.82, 2.24) is 14.8 Å². The predicted octanol–water partition coefficient (Wildman–Crippen LogP) is 6.58. The molecule has 2 atom stereocenters. The van der Waals surface area contributed by atoms with Gasteiger partial charge >= 0.3 is 12.1 Å². The average molecular weight is 672 g/mol. The molecule has 1 aliphatic heterocycles. The molecule has 0 spiro atoms. The van der Waals surface area contributed by atoms with E-state index in [0.29, 0.717) is 34.9 Å². The van der Waals surface area contributed by atoms with E-state index in [-0.39, 0.29) is 35.4 Å². The minimum Gasteiger partial charge on any atom is -0.481 e. The van der Waals surface area contributed by atoms with Crippen LogP contribution < -0.4 is 10.9 Å². The van der Waals surface area contributed by atoms with E-state index in [1.165, 1.54) is 24.3 Å². The minimum absolute atomic E-state index is 0.00849. The fourth-order valence-electron chi connectivity index (χ4n) is 6.17. The number of carbonyl (C=O) groups excluding carboxylic acids is 1. The van der Waals surface area contributed by atoms with Crippen molar-refractivity contribution in [3.63, 3.8) is 0 Å². The zero-order valence-corrected chi connectivity index (χ0v) is 27.2. The largest absolute Gasteiger partial charge is 0.481 e. The first-order valence-corrected chi connectivity index (χ1v) is 15.6. The van der Waals surface area contributed by atoms with Gasteiger partial charge in [0.1, 0.15) is 17.7 Å². The number of hydrogen-bond acceptors (Lipinski definition) is 4. The third-order valence-corrected chi connectivity index (χ3v) is 8.56. The van der Waals surface area contributed by atoms with E-state index in [1.807, 2.05) is 4.90 Å². The van der Waals surface area contributed by atoms with Gasteiger partial charge in [-0.05, 0) is 104 Å². The van der Waals surface area contributed by atoms with Crippen LogP contribution in [0.3, 0.4) is 0 Å². The van der Waals surface area contributed by atoms with E-state index in [9.17, 15) is 37.1 Å². The van der Waals surface area contributed by atoms with E-state index in [1.54, 1.807) is 27.7 Å². The molecule has 0 unspecified atom stereocenters. The van der Waals surface area contributed by atoms with Crippen LogP contribution in [0.4, 0.5) is 22.0 Å². The van der Waals surface area contributed by atoms with Crippen LogP contribution in [-0.4, -0.2) is 46.1 Å². The van der Waals surface area contributed by atoms with Crippen LogP contribution in [0.1, 0.15) is 78.6 Å². The van der Waals surface area contributed by atoms with Crippen LogP contribution >= 0.6 is 0 Å². The monoisotopic (exact) mass is 671 g/mol. The lowest BCUT2D eigenvalue weighted by molar-refractivity contribution is -0.139. The SMILES string of the molecule is C#Cc1cc(-c2c(C)cc(F)cc2C)cc([C@@H](CC(=O)O)NC(=O)[C@@H](CC(C)C)n2cc(CCN3CCC3)c(C(F)(F)F)cc2=O)c1F. The van der Waals surface area contributed by atoms with E-state index >= 15 is 4.39 Å². The summed E-state index contributed by atoms with van der Waals surface area (Å²) in [7, 11) is 0. The summed E-state index contributed by atoms with van der Waals surface area (Å²) in [4.78, 5) is 41.2. The maximum absolute atomic E-state index is 15.9. The summed E-state index contributed by atoms with van der Waals surface area (Å²) >= 11 is 0. The molecule has 0 bridgehead atoms. The molecule has 48 heavy (non-hydrogen) atoms. The second kappa shape index (κ2) is 14.7. The lowest BCUT2D eigenvalue weighted by atomic mass is 9.90. The van der Waals surface area contributed by atoms with E-state index in [2.05, 4.69) is 11.2 Å². The summed E-state index contributed by atoms with van der Waals surface area (Å²) in [5.74, 6) is -1.69. The Morgan fingerprint density at radius 1 is 1.06 bits per heavy atom. The maximum atomic E-state index is 15.9. The van der Waals surface area contributed by atoms with Gasteiger partial charge in [0.2, 0.25) is 5.91 Å². The maximum Gasteiger partial charge on any atom is 0.416 e. The molecule has 12 heteroatoms. The Balaban J connectivity index is 1.80. The molecule has 1 saturated heterocycles. The summed E-state index contributed by atoms with van der Waals surface area (Å²) in [6.45, 7) is 8.65. The van der Waals surface area contributed by atoms with Crippen molar-refractivity contribution in [1.29, 1.82) is 0 Å². The van der Waals surface area contributed by atoms with Gasteiger partial charge in [0, 0.05) is 24.4 Å². The molecule has 1 aromatic heterocycles. The summed E-state index contributed by atoms with van der Waals surface area (Å²) < 4.78 is 72.9. The highest BCUT2D eigenvalue weighted by Gasteiger charge is 2.36. The predicted molar refractivity (Wildman–Crippen MR) is 171 cm³/mol. The number of benzene rings is 2. The molecule has 0 radical (unpaired) electrons.